The monoisotopic (exact) mass is 699 g/mol. The van der Waals surface area contributed by atoms with Crippen LogP contribution in [0.1, 0.15) is 80.3 Å². The number of likely N-dealkylation sites (N-methyl/N-ethyl adjacent to an activating group) is 1. The number of halogens is 1. The quantitative estimate of drug-likeness (QED) is 0.400. The topological polar surface area (TPSA) is 97.4 Å². The molecule has 0 aromatic heterocycles. The molecule has 5 atom stereocenters. The maximum atomic E-state index is 13.5. The first-order valence-electron chi connectivity index (χ1n) is 17.7. The van der Waals surface area contributed by atoms with Gasteiger partial charge in [0.25, 0.3) is 5.91 Å². The van der Waals surface area contributed by atoms with Crippen molar-refractivity contribution in [1.29, 1.82) is 0 Å². The molecule has 7 rings (SSSR count). The SMILES string of the molecule is C[C@@H]1[C@@H](C)CCCC2(OCC(N(C)C)CO2)[C@@H]2CC[C@H]2CN2C[C@@]3(CCCc4cc(Cl)ccc43)COc3ccc(cc32)C(=O)NS1(=O)=O. The van der Waals surface area contributed by atoms with Crippen molar-refractivity contribution in [3.05, 3.63) is 58.1 Å². The van der Waals surface area contributed by atoms with Crippen LogP contribution in [0.2, 0.25) is 5.02 Å². The molecule has 1 saturated heterocycles. The van der Waals surface area contributed by atoms with Gasteiger partial charge in [0, 0.05) is 41.4 Å². The van der Waals surface area contributed by atoms with Crippen molar-refractivity contribution >= 4 is 33.2 Å². The highest BCUT2D eigenvalue weighted by Crippen LogP contribution is 2.51. The summed E-state index contributed by atoms with van der Waals surface area (Å²) in [6.45, 7) is 6.84. The van der Waals surface area contributed by atoms with Crippen molar-refractivity contribution in [2.75, 3.05) is 51.9 Å². The molecule has 1 saturated carbocycles. The number of nitrogens with zero attached hydrogens (tertiary/aromatic N) is 2. The normalized spacial score (nSPS) is 35.2. The zero-order valence-corrected chi connectivity index (χ0v) is 30.2. The number of anilines is 1. The third kappa shape index (κ3) is 6.25. The van der Waals surface area contributed by atoms with Crippen LogP contribution in [0.3, 0.4) is 0 Å². The zero-order valence-electron chi connectivity index (χ0n) is 28.7. The van der Waals surface area contributed by atoms with Crippen LogP contribution < -0.4 is 14.4 Å². The maximum Gasteiger partial charge on any atom is 0.264 e. The molecule has 1 amide bonds. The van der Waals surface area contributed by atoms with Gasteiger partial charge < -0.3 is 24.0 Å². The molecule has 262 valence electrons. The van der Waals surface area contributed by atoms with Crippen LogP contribution in [0.5, 0.6) is 5.75 Å². The van der Waals surface area contributed by atoms with E-state index in [0.717, 1.165) is 55.8 Å². The van der Waals surface area contributed by atoms with Gasteiger partial charge >= 0.3 is 0 Å². The van der Waals surface area contributed by atoms with Crippen molar-refractivity contribution in [3.8, 4) is 5.75 Å². The predicted molar refractivity (Wildman–Crippen MR) is 187 cm³/mol. The molecule has 3 aliphatic heterocycles. The molecule has 0 unspecified atom stereocenters. The Morgan fingerprint density at radius 1 is 1.00 bits per heavy atom. The number of nitrogens with one attached hydrogen (secondary N) is 1. The van der Waals surface area contributed by atoms with E-state index >= 15 is 0 Å². The van der Waals surface area contributed by atoms with E-state index < -0.39 is 27.0 Å². The summed E-state index contributed by atoms with van der Waals surface area (Å²) in [5, 5.41) is 0.00279. The minimum absolute atomic E-state index is 0.157. The summed E-state index contributed by atoms with van der Waals surface area (Å²) in [7, 11) is 0.199. The molecular formula is C37H50ClN3O6S. The summed E-state index contributed by atoms with van der Waals surface area (Å²) < 4.78 is 49.6. The van der Waals surface area contributed by atoms with Crippen molar-refractivity contribution in [1.82, 2.24) is 9.62 Å². The lowest BCUT2D eigenvalue weighted by molar-refractivity contribution is -0.329. The Bertz CT molecular complexity index is 1640. The minimum Gasteiger partial charge on any atom is -0.490 e. The van der Waals surface area contributed by atoms with Crippen LogP contribution in [0, 0.1) is 17.8 Å². The second kappa shape index (κ2) is 13.1. The predicted octanol–water partition coefficient (Wildman–Crippen LogP) is 5.78. The van der Waals surface area contributed by atoms with E-state index in [9.17, 15) is 13.2 Å². The van der Waals surface area contributed by atoms with E-state index in [2.05, 4.69) is 40.7 Å². The van der Waals surface area contributed by atoms with Crippen molar-refractivity contribution < 1.29 is 27.4 Å². The van der Waals surface area contributed by atoms with Crippen LogP contribution >= 0.6 is 11.6 Å². The fourth-order valence-corrected chi connectivity index (χ4v) is 10.3. The summed E-state index contributed by atoms with van der Waals surface area (Å²) >= 11 is 6.46. The van der Waals surface area contributed by atoms with E-state index in [1.54, 1.807) is 13.0 Å². The standard InChI is InChI=1S/C37H50ClN3O6S/c1-24-7-5-16-37(46-20-30(21-47-37)40(3)4)32-12-9-28(32)19-41-22-36(15-6-8-26-17-29(38)11-13-31(26)36)23-45-34-14-10-27(18-33(34)41)35(42)39-48(43,44)25(24)2/h10-11,13-14,17-18,24-25,28,30,32H,5-9,12,15-16,19-23H2,1-4H3,(H,39,42)/t24-,25+,28-,30?,32+,36-,37?/m0/s1. The van der Waals surface area contributed by atoms with Crippen LogP contribution in [-0.2, 0) is 31.3 Å². The molecule has 2 bridgehead atoms. The first kappa shape index (κ1) is 34.1. The Kier molecular flexibility index (Phi) is 9.28. The lowest BCUT2D eigenvalue weighted by Crippen LogP contribution is -2.59. The second-order valence-corrected chi connectivity index (χ2v) is 17.8. The van der Waals surface area contributed by atoms with Gasteiger partial charge in [0.15, 0.2) is 5.79 Å². The molecule has 9 nitrogen and oxygen atoms in total. The third-order valence-corrected chi connectivity index (χ3v) is 14.4. The third-order valence-electron chi connectivity index (χ3n) is 12.2. The summed E-state index contributed by atoms with van der Waals surface area (Å²) in [5.41, 5.74) is 3.42. The fourth-order valence-electron chi connectivity index (χ4n) is 8.80. The molecule has 2 aromatic carbocycles. The number of hydrogen-bond donors (Lipinski definition) is 1. The number of carbonyl (C=O) groups excluding carboxylic acids is 1. The average Bonchev–Trinajstić information content (AvgIpc) is 3.19. The Balaban J connectivity index is 1.29. The second-order valence-electron chi connectivity index (χ2n) is 15.3. The van der Waals surface area contributed by atoms with Gasteiger partial charge in [0.2, 0.25) is 10.0 Å². The van der Waals surface area contributed by atoms with Gasteiger partial charge in [-0.25, -0.2) is 13.1 Å². The Labute approximate surface area is 290 Å². The first-order chi connectivity index (χ1) is 22.9. The number of amides is 1. The number of fused-ring (bicyclic) bond motifs is 5. The van der Waals surface area contributed by atoms with Crippen LogP contribution in [0.15, 0.2) is 36.4 Å². The Morgan fingerprint density at radius 3 is 2.52 bits per heavy atom. The van der Waals surface area contributed by atoms with Crippen molar-refractivity contribution in [2.45, 2.75) is 87.7 Å². The first-order valence-corrected chi connectivity index (χ1v) is 19.6. The van der Waals surface area contributed by atoms with E-state index in [4.69, 9.17) is 25.8 Å². The minimum atomic E-state index is -3.92. The van der Waals surface area contributed by atoms with E-state index in [1.807, 2.05) is 25.1 Å². The molecule has 2 aromatic rings. The number of sulfonamides is 1. The maximum absolute atomic E-state index is 13.5. The highest BCUT2D eigenvalue weighted by atomic mass is 35.5. The Morgan fingerprint density at radius 2 is 1.79 bits per heavy atom. The molecule has 11 heteroatoms. The fraction of sp³-hybridized carbons (Fsp3) is 0.649. The van der Waals surface area contributed by atoms with Crippen molar-refractivity contribution in [3.63, 3.8) is 0 Å². The van der Waals surface area contributed by atoms with Crippen molar-refractivity contribution in [2.24, 2.45) is 17.8 Å². The summed E-state index contributed by atoms with van der Waals surface area (Å²) in [6.07, 6.45) is 7.24. The van der Waals surface area contributed by atoms with Gasteiger partial charge in [-0.05, 0) is 119 Å². The lowest BCUT2D eigenvalue weighted by atomic mass is 9.66. The number of aryl methyl sites for hydroxylation is 1. The highest BCUT2D eigenvalue weighted by molar-refractivity contribution is 7.90. The van der Waals surface area contributed by atoms with Crippen LogP contribution in [0.25, 0.3) is 0 Å². The summed E-state index contributed by atoms with van der Waals surface area (Å²) in [4.78, 5) is 18.1. The summed E-state index contributed by atoms with van der Waals surface area (Å²) in [5.74, 6) is -0.241. The van der Waals surface area contributed by atoms with Crippen LogP contribution in [-0.4, -0.2) is 83.3 Å². The van der Waals surface area contributed by atoms with E-state index in [1.165, 1.54) is 11.1 Å². The van der Waals surface area contributed by atoms with Gasteiger partial charge in [-0.1, -0.05) is 24.6 Å². The number of benzene rings is 2. The molecule has 5 aliphatic rings. The number of rotatable bonds is 1. The Hall–Kier alpha value is -2.37. The summed E-state index contributed by atoms with van der Waals surface area (Å²) in [6, 6.07) is 11.8. The van der Waals surface area contributed by atoms with Gasteiger partial charge in [0.1, 0.15) is 5.75 Å². The molecule has 0 radical (unpaired) electrons. The number of carbonyl (C=O) groups is 1. The molecule has 2 spiro atoms. The molecule has 2 fully saturated rings. The molecule has 3 heterocycles. The average molecular weight is 700 g/mol. The van der Waals surface area contributed by atoms with Gasteiger partial charge in [0.05, 0.1) is 36.8 Å². The van der Waals surface area contributed by atoms with E-state index in [0.29, 0.717) is 56.4 Å². The number of hydrogen-bond acceptors (Lipinski definition) is 8. The zero-order chi connectivity index (χ0) is 33.8. The number of ether oxygens (including phenoxy) is 3. The molecule has 48 heavy (non-hydrogen) atoms. The highest BCUT2D eigenvalue weighted by Gasteiger charge is 2.53. The van der Waals surface area contributed by atoms with Crippen LogP contribution in [0.4, 0.5) is 5.69 Å². The smallest absolute Gasteiger partial charge is 0.264 e. The van der Waals surface area contributed by atoms with Gasteiger partial charge in [-0.3, -0.25) is 4.79 Å². The molecule has 1 N–H and O–H groups in total. The molecular weight excluding hydrogens is 650 g/mol. The lowest BCUT2D eigenvalue weighted by Gasteiger charge is -2.54. The van der Waals surface area contributed by atoms with Gasteiger partial charge in [-0.15, -0.1) is 0 Å². The van der Waals surface area contributed by atoms with E-state index in [-0.39, 0.29) is 23.3 Å². The van der Waals surface area contributed by atoms with Gasteiger partial charge in [-0.2, -0.15) is 0 Å². The largest absolute Gasteiger partial charge is 0.490 e. The molecule has 2 aliphatic carbocycles.